The predicted octanol–water partition coefficient (Wildman–Crippen LogP) is 0.575. The molecule has 1 saturated heterocycles. The molecule has 0 saturated carbocycles. The highest BCUT2D eigenvalue weighted by atomic mass is 32.7. The summed E-state index contributed by atoms with van der Waals surface area (Å²) in [5.74, 6) is 0. The molecule has 1 aliphatic rings. The van der Waals surface area contributed by atoms with Gasteiger partial charge in [0.15, 0.2) is 0 Å². The van der Waals surface area contributed by atoms with Gasteiger partial charge in [0.05, 0.1) is 18.8 Å². The first-order valence-corrected chi connectivity index (χ1v) is 8.02. The van der Waals surface area contributed by atoms with Crippen molar-refractivity contribution >= 4 is 26.9 Å². The Hall–Kier alpha value is 0.485. The van der Waals surface area contributed by atoms with Crippen LogP contribution in [-0.4, -0.2) is 43.7 Å². The third kappa shape index (κ3) is 5.21. The topological polar surface area (TPSA) is 65.0 Å². The van der Waals surface area contributed by atoms with E-state index in [-0.39, 0.29) is 18.2 Å². The lowest BCUT2D eigenvalue weighted by atomic mass is 9.96. The second kappa shape index (κ2) is 5.89. The molecule has 0 bridgehead atoms. The summed E-state index contributed by atoms with van der Waals surface area (Å²) < 4.78 is 27.0. The maximum Gasteiger partial charge on any atom is 0.383 e. The van der Waals surface area contributed by atoms with Crippen LogP contribution in [0.1, 0.15) is 20.3 Å². The highest BCUT2D eigenvalue weighted by Crippen LogP contribution is 2.50. The normalized spacial score (nSPS) is 34.2. The van der Waals surface area contributed by atoms with Gasteiger partial charge in [-0.3, -0.25) is 4.52 Å². The Morgan fingerprint density at radius 1 is 1.69 bits per heavy atom. The van der Waals surface area contributed by atoms with Gasteiger partial charge in [-0.25, -0.2) is 4.57 Å². The van der Waals surface area contributed by atoms with Crippen molar-refractivity contribution in [2.75, 3.05) is 6.61 Å². The summed E-state index contributed by atoms with van der Waals surface area (Å²) in [5, 5.41) is 0. The SMILES string of the molecule is B[C@H]1CC(OP(=O)(O)S)[C@@H](COC(C)C)O1. The van der Waals surface area contributed by atoms with Gasteiger partial charge in [-0.1, -0.05) is 12.2 Å². The summed E-state index contributed by atoms with van der Waals surface area (Å²) in [4.78, 5) is 9.06. The molecule has 0 aromatic heterocycles. The monoisotopic (exact) mass is 268 g/mol. The largest absolute Gasteiger partial charge is 0.383 e. The lowest BCUT2D eigenvalue weighted by Gasteiger charge is -2.20. The minimum absolute atomic E-state index is 0.00523. The van der Waals surface area contributed by atoms with Gasteiger partial charge in [-0.2, -0.15) is 0 Å². The zero-order valence-corrected chi connectivity index (χ0v) is 11.5. The standard InChI is InChI=1S/C8H18BO5PS/c1-5(2)12-4-7-6(3-8(9)13-7)14-15(10,11)16/h5-8H,3-4,9H2,1-2H3,(H2,10,11,16)/t6?,7-,8-/m1/s1. The molecular weight excluding hydrogens is 250 g/mol. The molecule has 1 rings (SSSR count). The van der Waals surface area contributed by atoms with Gasteiger partial charge in [0.1, 0.15) is 14.0 Å². The van der Waals surface area contributed by atoms with Crippen LogP contribution >= 0.6 is 19.0 Å². The summed E-state index contributed by atoms with van der Waals surface area (Å²) in [6.07, 6.45) is -0.0544. The third-order valence-electron chi connectivity index (χ3n) is 2.25. The molecule has 1 heterocycles. The molecule has 0 aliphatic carbocycles. The Labute approximate surface area is 102 Å². The van der Waals surface area contributed by atoms with Crippen molar-refractivity contribution < 1.29 is 23.5 Å². The first-order valence-electron chi connectivity index (χ1n) is 5.29. The van der Waals surface area contributed by atoms with Crippen molar-refractivity contribution in [3.05, 3.63) is 0 Å². The molecular formula is C8H18BO5PS. The zero-order chi connectivity index (χ0) is 12.3. The van der Waals surface area contributed by atoms with Crippen molar-refractivity contribution in [3.8, 4) is 0 Å². The van der Waals surface area contributed by atoms with E-state index in [1.807, 2.05) is 21.7 Å². The van der Waals surface area contributed by atoms with Gasteiger partial charge in [0.25, 0.3) is 0 Å². The summed E-state index contributed by atoms with van der Waals surface area (Å²) in [6, 6.07) is 0.00523. The fraction of sp³-hybridized carbons (Fsp3) is 1.00. The van der Waals surface area contributed by atoms with Crippen LogP contribution in [0.2, 0.25) is 0 Å². The summed E-state index contributed by atoms with van der Waals surface area (Å²) in [7, 11) is 1.90. The van der Waals surface area contributed by atoms with E-state index in [9.17, 15) is 4.57 Å². The number of ether oxygens (including phenoxy) is 2. The van der Waals surface area contributed by atoms with Crippen molar-refractivity contribution in [1.29, 1.82) is 0 Å². The maximum atomic E-state index is 11.1. The Balaban J connectivity index is 2.49. The van der Waals surface area contributed by atoms with Gasteiger partial charge in [-0.15, -0.1) is 0 Å². The van der Waals surface area contributed by atoms with Crippen LogP contribution in [0.4, 0.5) is 0 Å². The van der Waals surface area contributed by atoms with E-state index in [0.717, 1.165) is 0 Å². The molecule has 0 radical (unpaired) electrons. The Morgan fingerprint density at radius 3 is 2.81 bits per heavy atom. The second-order valence-corrected chi connectivity index (χ2v) is 6.95. The average molecular weight is 268 g/mol. The van der Waals surface area contributed by atoms with Crippen LogP contribution in [0, 0.1) is 0 Å². The number of hydrogen-bond donors (Lipinski definition) is 2. The van der Waals surface area contributed by atoms with Gasteiger partial charge in [-0.05, 0) is 20.3 Å². The maximum absolute atomic E-state index is 11.1. The summed E-state index contributed by atoms with van der Waals surface area (Å²) in [6.45, 7) is 0.435. The first-order chi connectivity index (χ1) is 7.28. The van der Waals surface area contributed by atoms with Crippen LogP contribution < -0.4 is 0 Å². The van der Waals surface area contributed by atoms with E-state index >= 15 is 0 Å². The molecule has 1 N–H and O–H groups in total. The van der Waals surface area contributed by atoms with Crippen LogP contribution in [-0.2, 0) is 18.6 Å². The molecule has 8 heteroatoms. The molecule has 2 unspecified atom stereocenters. The van der Waals surface area contributed by atoms with E-state index in [0.29, 0.717) is 13.0 Å². The van der Waals surface area contributed by atoms with E-state index in [1.54, 1.807) is 0 Å². The molecule has 0 spiro atoms. The number of hydrogen-bond acceptors (Lipinski definition) is 4. The van der Waals surface area contributed by atoms with E-state index in [1.165, 1.54) is 0 Å². The van der Waals surface area contributed by atoms with Crippen LogP contribution in [0.15, 0.2) is 0 Å². The lowest BCUT2D eigenvalue weighted by Crippen LogP contribution is -2.29. The quantitative estimate of drug-likeness (QED) is 0.433. The van der Waals surface area contributed by atoms with Gasteiger partial charge >= 0.3 is 6.80 Å². The Kier molecular flexibility index (Phi) is 5.36. The smallest absolute Gasteiger partial charge is 0.379 e. The summed E-state index contributed by atoms with van der Waals surface area (Å²) >= 11 is 3.50. The molecule has 16 heavy (non-hydrogen) atoms. The molecule has 0 amide bonds. The fourth-order valence-electron chi connectivity index (χ4n) is 1.64. The molecule has 1 aliphatic heterocycles. The highest BCUT2D eigenvalue weighted by molar-refractivity contribution is 8.44. The molecule has 0 aromatic rings. The van der Waals surface area contributed by atoms with Crippen molar-refractivity contribution in [2.45, 2.75) is 44.6 Å². The van der Waals surface area contributed by atoms with Crippen LogP contribution in [0.3, 0.4) is 0 Å². The molecule has 1 fully saturated rings. The minimum atomic E-state index is -3.77. The van der Waals surface area contributed by atoms with Gasteiger partial charge in [0, 0.05) is 6.00 Å². The van der Waals surface area contributed by atoms with Crippen LogP contribution in [0.5, 0.6) is 0 Å². The van der Waals surface area contributed by atoms with Gasteiger partial charge in [0.2, 0.25) is 0 Å². The Bertz CT molecular complexity index is 271. The van der Waals surface area contributed by atoms with Crippen LogP contribution in [0.25, 0.3) is 0 Å². The molecule has 94 valence electrons. The first kappa shape index (κ1) is 14.5. The molecule has 5 nitrogen and oxygen atoms in total. The third-order valence-corrected chi connectivity index (χ3v) is 3.08. The number of rotatable bonds is 5. The predicted molar refractivity (Wildman–Crippen MR) is 66.6 cm³/mol. The molecule has 4 atom stereocenters. The summed E-state index contributed by atoms with van der Waals surface area (Å²) in [5.41, 5.74) is 0. The molecule has 0 aromatic carbocycles. The van der Waals surface area contributed by atoms with E-state index < -0.39 is 12.9 Å². The van der Waals surface area contributed by atoms with Crippen molar-refractivity contribution in [1.82, 2.24) is 0 Å². The zero-order valence-electron chi connectivity index (χ0n) is 9.70. The Morgan fingerprint density at radius 2 is 2.31 bits per heavy atom. The van der Waals surface area contributed by atoms with E-state index in [2.05, 4.69) is 12.2 Å². The number of thiol groups is 1. The minimum Gasteiger partial charge on any atom is -0.379 e. The highest BCUT2D eigenvalue weighted by Gasteiger charge is 2.37. The average Bonchev–Trinajstić information content (AvgIpc) is 2.39. The van der Waals surface area contributed by atoms with Crippen molar-refractivity contribution in [3.63, 3.8) is 0 Å². The van der Waals surface area contributed by atoms with E-state index in [4.69, 9.17) is 18.9 Å². The lowest BCUT2D eigenvalue weighted by molar-refractivity contribution is -0.0421. The fourth-order valence-corrected chi connectivity index (χ4v) is 2.58. The second-order valence-electron chi connectivity index (χ2n) is 4.24. The van der Waals surface area contributed by atoms with Gasteiger partial charge < -0.3 is 14.4 Å². The van der Waals surface area contributed by atoms with Crippen molar-refractivity contribution in [2.24, 2.45) is 0 Å².